The van der Waals surface area contributed by atoms with Crippen molar-refractivity contribution >= 4 is 17.5 Å². The van der Waals surface area contributed by atoms with Crippen molar-refractivity contribution in [3.63, 3.8) is 0 Å². The number of morpholine rings is 1. The Balaban J connectivity index is 1.38. The summed E-state index contributed by atoms with van der Waals surface area (Å²) in [6.45, 7) is 5.00. The number of rotatable bonds is 6. The topological polar surface area (TPSA) is 79.9 Å². The highest BCUT2D eigenvalue weighted by molar-refractivity contribution is 5.99. The van der Waals surface area contributed by atoms with Gasteiger partial charge < -0.3 is 20.1 Å². The van der Waals surface area contributed by atoms with Gasteiger partial charge in [-0.15, -0.1) is 0 Å². The monoisotopic (exact) mass is 333 g/mol. The SMILES string of the molecule is O=C(C[C@@H]1Oc2ccccc2NC1=O)NCCCN1CCOCC1. The van der Waals surface area contributed by atoms with Gasteiger partial charge in [0.2, 0.25) is 5.91 Å². The molecule has 1 fully saturated rings. The molecule has 3 rings (SSSR count). The van der Waals surface area contributed by atoms with E-state index in [0.29, 0.717) is 18.0 Å². The summed E-state index contributed by atoms with van der Waals surface area (Å²) in [5.41, 5.74) is 0.643. The van der Waals surface area contributed by atoms with E-state index in [-0.39, 0.29) is 18.2 Å². The van der Waals surface area contributed by atoms with Gasteiger partial charge >= 0.3 is 0 Å². The zero-order valence-electron chi connectivity index (χ0n) is 13.6. The Morgan fingerprint density at radius 2 is 2.08 bits per heavy atom. The van der Waals surface area contributed by atoms with E-state index < -0.39 is 6.10 Å². The van der Waals surface area contributed by atoms with Gasteiger partial charge in [-0.05, 0) is 25.1 Å². The summed E-state index contributed by atoms with van der Waals surface area (Å²) in [7, 11) is 0. The van der Waals surface area contributed by atoms with Crippen LogP contribution in [0.1, 0.15) is 12.8 Å². The van der Waals surface area contributed by atoms with E-state index in [4.69, 9.17) is 9.47 Å². The van der Waals surface area contributed by atoms with Crippen molar-refractivity contribution in [2.24, 2.45) is 0 Å². The largest absolute Gasteiger partial charge is 0.478 e. The lowest BCUT2D eigenvalue weighted by Crippen LogP contribution is -2.41. The summed E-state index contributed by atoms with van der Waals surface area (Å²) in [5, 5.41) is 5.62. The maximum Gasteiger partial charge on any atom is 0.266 e. The van der Waals surface area contributed by atoms with Crippen LogP contribution in [-0.2, 0) is 14.3 Å². The molecule has 2 N–H and O–H groups in total. The Morgan fingerprint density at radius 3 is 2.92 bits per heavy atom. The lowest BCUT2D eigenvalue weighted by molar-refractivity contribution is -0.130. The maximum atomic E-state index is 12.0. The average molecular weight is 333 g/mol. The Morgan fingerprint density at radius 1 is 1.29 bits per heavy atom. The molecule has 1 saturated heterocycles. The molecule has 0 saturated carbocycles. The number of hydrogen-bond acceptors (Lipinski definition) is 5. The fourth-order valence-electron chi connectivity index (χ4n) is 2.82. The molecule has 2 aliphatic rings. The third kappa shape index (κ3) is 4.46. The summed E-state index contributed by atoms with van der Waals surface area (Å²) < 4.78 is 10.9. The maximum absolute atomic E-state index is 12.0. The molecule has 7 heteroatoms. The van der Waals surface area contributed by atoms with Crippen molar-refractivity contribution in [2.75, 3.05) is 44.7 Å². The number of nitrogens with one attached hydrogen (secondary N) is 2. The van der Waals surface area contributed by atoms with Crippen LogP contribution in [0.3, 0.4) is 0 Å². The van der Waals surface area contributed by atoms with Crippen molar-refractivity contribution in [2.45, 2.75) is 18.9 Å². The van der Waals surface area contributed by atoms with Crippen molar-refractivity contribution in [3.8, 4) is 5.75 Å². The molecule has 7 nitrogen and oxygen atoms in total. The van der Waals surface area contributed by atoms with E-state index in [0.717, 1.165) is 39.3 Å². The fourth-order valence-corrected chi connectivity index (χ4v) is 2.82. The molecule has 1 atom stereocenters. The second-order valence-corrected chi connectivity index (χ2v) is 5.95. The minimum atomic E-state index is -0.779. The molecule has 2 aliphatic heterocycles. The van der Waals surface area contributed by atoms with E-state index in [9.17, 15) is 9.59 Å². The van der Waals surface area contributed by atoms with Crippen LogP contribution in [0.5, 0.6) is 5.75 Å². The second kappa shape index (κ2) is 8.12. The van der Waals surface area contributed by atoms with Crippen LogP contribution in [0.25, 0.3) is 0 Å². The molecule has 130 valence electrons. The molecular weight excluding hydrogens is 310 g/mol. The molecule has 2 heterocycles. The predicted octanol–water partition coefficient (Wildman–Crippen LogP) is 0.615. The van der Waals surface area contributed by atoms with Crippen molar-refractivity contribution in [3.05, 3.63) is 24.3 Å². The minimum Gasteiger partial charge on any atom is -0.478 e. The van der Waals surface area contributed by atoms with Crippen LogP contribution in [-0.4, -0.2) is 62.2 Å². The highest BCUT2D eigenvalue weighted by Gasteiger charge is 2.29. The second-order valence-electron chi connectivity index (χ2n) is 5.95. The Hall–Kier alpha value is -2.12. The van der Waals surface area contributed by atoms with Gasteiger partial charge in [-0.2, -0.15) is 0 Å². The van der Waals surface area contributed by atoms with Crippen molar-refractivity contribution < 1.29 is 19.1 Å². The number of nitrogens with zero attached hydrogens (tertiary/aromatic N) is 1. The number of ether oxygens (including phenoxy) is 2. The number of benzene rings is 1. The van der Waals surface area contributed by atoms with Crippen LogP contribution >= 0.6 is 0 Å². The van der Waals surface area contributed by atoms with E-state index in [1.807, 2.05) is 12.1 Å². The van der Waals surface area contributed by atoms with Gasteiger partial charge in [0.25, 0.3) is 5.91 Å². The first-order valence-corrected chi connectivity index (χ1v) is 8.36. The summed E-state index contributed by atoms with van der Waals surface area (Å²) in [5.74, 6) is 0.149. The van der Waals surface area contributed by atoms with Gasteiger partial charge in [0, 0.05) is 19.6 Å². The van der Waals surface area contributed by atoms with Crippen LogP contribution in [0.15, 0.2) is 24.3 Å². The van der Waals surface area contributed by atoms with Gasteiger partial charge in [-0.25, -0.2) is 0 Å². The molecular formula is C17H23N3O4. The van der Waals surface area contributed by atoms with Crippen molar-refractivity contribution in [1.82, 2.24) is 10.2 Å². The molecule has 2 amide bonds. The summed E-state index contributed by atoms with van der Waals surface area (Å²) >= 11 is 0. The lowest BCUT2D eigenvalue weighted by atomic mass is 10.1. The smallest absolute Gasteiger partial charge is 0.266 e. The van der Waals surface area contributed by atoms with Gasteiger partial charge in [-0.1, -0.05) is 12.1 Å². The number of amides is 2. The highest BCUT2D eigenvalue weighted by Crippen LogP contribution is 2.29. The highest BCUT2D eigenvalue weighted by atomic mass is 16.5. The summed E-state index contributed by atoms with van der Waals surface area (Å²) in [6.07, 6.45) is 0.128. The summed E-state index contributed by atoms with van der Waals surface area (Å²) in [4.78, 5) is 26.3. The zero-order chi connectivity index (χ0) is 16.8. The van der Waals surface area contributed by atoms with Gasteiger partial charge in [-0.3, -0.25) is 14.5 Å². The number of carbonyl (C=O) groups excluding carboxylic acids is 2. The van der Waals surface area contributed by atoms with E-state index in [2.05, 4.69) is 15.5 Å². The average Bonchev–Trinajstić information content (AvgIpc) is 2.60. The molecule has 0 aromatic heterocycles. The Labute approximate surface area is 141 Å². The van der Waals surface area contributed by atoms with E-state index >= 15 is 0 Å². The van der Waals surface area contributed by atoms with Crippen LogP contribution in [0.2, 0.25) is 0 Å². The zero-order valence-corrected chi connectivity index (χ0v) is 13.6. The number of fused-ring (bicyclic) bond motifs is 1. The normalized spacial score (nSPS) is 20.7. The van der Waals surface area contributed by atoms with E-state index in [1.54, 1.807) is 12.1 Å². The third-order valence-electron chi connectivity index (χ3n) is 4.15. The van der Waals surface area contributed by atoms with E-state index in [1.165, 1.54) is 0 Å². The molecule has 0 bridgehead atoms. The lowest BCUT2D eigenvalue weighted by Gasteiger charge is -2.26. The number of anilines is 1. The molecule has 1 aromatic carbocycles. The fraction of sp³-hybridized carbons (Fsp3) is 0.529. The molecule has 24 heavy (non-hydrogen) atoms. The number of para-hydroxylation sites is 2. The summed E-state index contributed by atoms with van der Waals surface area (Å²) in [6, 6.07) is 7.21. The van der Waals surface area contributed by atoms with Crippen LogP contribution < -0.4 is 15.4 Å². The van der Waals surface area contributed by atoms with Crippen LogP contribution in [0.4, 0.5) is 5.69 Å². The third-order valence-corrected chi connectivity index (χ3v) is 4.15. The first-order chi connectivity index (χ1) is 11.7. The molecule has 0 aliphatic carbocycles. The van der Waals surface area contributed by atoms with Crippen LogP contribution in [0, 0.1) is 0 Å². The minimum absolute atomic E-state index is 0.0255. The quantitative estimate of drug-likeness (QED) is 0.746. The van der Waals surface area contributed by atoms with Gasteiger partial charge in [0.05, 0.1) is 25.3 Å². The predicted molar refractivity (Wildman–Crippen MR) is 89.0 cm³/mol. The van der Waals surface area contributed by atoms with Gasteiger partial charge in [0.15, 0.2) is 6.10 Å². The molecule has 0 radical (unpaired) electrons. The standard InChI is InChI=1S/C17H23N3O4/c21-16(18-6-3-7-20-8-10-23-11-9-20)12-15-17(22)19-13-4-1-2-5-14(13)24-15/h1-2,4-5,15H,3,6-12H2,(H,18,21)(H,19,22)/t15-/m0/s1. The number of hydrogen-bond donors (Lipinski definition) is 2. The van der Waals surface area contributed by atoms with Gasteiger partial charge in [0.1, 0.15) is 5.75 Å². The number of carbonyl (C=O) groups is 2. The molecule has 1 aromatic rings. The Bertz CT molecular complexity index is 587. The molecule has 0 spiro atoms. The Kier molecular flexibility index (Phi) is 5.66. The first-order valence-electron chi connectivity index (χ1n) is 8.36. The first kappa shape index (κ1) is 16.7. The molecule has 0 unspecified atom stereocenters. The van der Waals surface area contributed by atoms with Crippen molar-refractivity contribution in [1.29, 1.82) is 0 Å².